The van der Waals surface area contributed by atoms with Crippen molar-refractivity contribution in [1.82, 2.24) is 5.32 Å². The van der Waals surface area contributed by atoms with E-state index in [0.29, 0.717) is 41.6 Å². The minimum atomic E-state index is -1.26. The van der Waals surface area contributed by atoms with E-state index in [1.807, 2.05) is 6.07 Å². The molecule has 1 unspecified atom stereocenters. The third-order valence-electron chi connectivity index (χ3n) is 4.58. The molecular formula is C20H21NO6. The van der Waals surface area contributed by atoms with Gasteiger partial charge in [0.25, 0.3) is 5.91 Å². The molecule has 0 saturated heterocycles. The molecule has 142 valence electrons. The number of hydrogen-bond donors (Lipinski definition) is 2. The van der Waals surface area contributed by atoms with Crippen LogP contribution in [0.3, 0.4) is 0 Å². The Morgan fingerprint density at radius 3 is 2.56 bits per heavy atom. The van der Waals surface area contributed by atoms with Crippen molar-refractivity contribution in [1.29, 1.82) is 0 Å². The minimum absolute atomic E-state index is 0.0675. The van der Waals surface area contributed by atoms with E-state index in [1.54, 1.807) is 43.3 Å². The summed E-state index contributed by atoms with van der Waals surface area (Å²) in [6.07, 6.45) is 0. The largest absolute Gasteiger partial charge is 0.493 e. The number of rotatable bonds is 6. The van der Waals surface area contributed by atoms with Gasteiger partial charge in [0, 0.05) is 12.1 Å². The van der Waals surface area contributed by atoms with Crippen molar-refractivity contribution in [3.63, 3.8) is 0 Å². The molecule has 2 aromatic carbocycles. The topological polar surface area (TPSA) is 94.1 Å². The molecule has 7 nitrogen and oxygen atoms in total. The second kappa shape index (κ2) is 7.57. The van der Waals surface area contributed by atoms with Crippen LogP contribution in [0.25, 0.3) is 0 Å². The van der Waals surface area contributed by atoms with Gasteiger partial charge in [0.2, 0.25) is 5.75 Å². The van der Waals surface area contributed by atoms with Crippen molar-refractivity contribution in [2.45, 2.75) is 12.3 Å². The molecule has 0 aromatic heterocycles. The molecule has 1 aliphatic rings. The zero-order valence-electron chi connectivity index (χ0n) is 15.2. The first-order valence-electron chi connectivity index (χ1n) is 8.50. The Kier molecular flexibility index (Phi) is 5.21. The summed E-state index contributed by atoms with van der Waals surface area (Å²) < 4.78 is 16.3. The van der Waals surface area contributed by atoms with Gasteiger partial charge in [0.15, 0.2) is 11.5 Å². The summed E-state index contributed by atoms with van der Waals surface area (Å²) in [5, 5.41) is 12.4. The molecule has 1 heterocycles. The fourth-order valence-electron chi connectivity index (χ4n) is 2.87. The molecule has 2 N–H and O–H groups in total. The van der Waals surface area contributed by atoms with Crippen molar-refractivity contribution in [2.75, 3.05) is 26.9 Å². The monoisotopic (exact) mass is 371 g/mol. The highest BCUT2D eigenvalue weighted by Crippen LogP contribution is 2.40. The summed E-state index contributed by atoms with van der Waals surface area (Å²) >= 11 is 0. The Morgan fingerprint density at radius 1 is 1.19 bits per heavy atom. The van der Waals surface area contributed by atoms with Gasteiger partial charge in [0.1, 0.15) is 18.6 Å². The molecule has 1 amide bonds. The summed E-state index contributed by atoms with van der Waals surface area (Å²) in [4.78, 5) is 24.5. The lowest BCUT2D eigenvalue weighted by Crippen LogP contribution is -2.44. The lowest BCUT2D eigenvalue weighted by atomic mass is 9.82. The molecule has 0 fully saturated rings. The first kappa shape index (κ1) is 18.6. The number of ether oxygens (including phenoxy) is 3. The summed E-state index contributed by atoms with van der Waals surface area (Å²) in [6, 6.07) is 11.9. The molecule has 3 rings (SSSR count). The van der Waals surface area contributed by atoms with Gasteiger partial charge >= 0.3 is 5.97 Å². The maximum Gasteiger partial charge on any atom is 0.315 e. The molecule has 1 atom stereocenters. The van der Waals surface area contributed by atoms with Crippen LogP contribution in [0.2, 0.25) is 0 Å². The molecular weight excluding hydrogens is 350 g/mol. The highest BCUT2D eigenvalue weighted by molar-refractivity contribution is 5.96. The second-order valence-electron chi connectivity index (χ2n) is 6.39. The maximum atomic E-state index is 12.6. The number of benzene rings is 2. The fourth-order valence-corrected chi connectivity index (χ4v) is 2.87. The third kappa shape index (κ3) is 3.67. The number of fused-ring (bicyclic) bond motifs is 1. The average Bonchev–Trinajstić information content (AvgIpc) is 2.71. The van der Waals surface area contributed by atoms with E-state index in [-0.39, 0.29) is 6.54 Å². The number of carbonyl (C=O) groups excluding carboxylic acids is 1. The summed E-state index contributed by atoms with van der Waals surface area (Å²) in [6.45, 7) is 2.30. The van der Waals surface area contributed by atoms with Gasteiger partial charge in [-0.25, -0.2) is 0 Å². The third-order valence-corrected chi connectivity index (χ3v) is 4.58. The molecule has 0 aliphatic carbocycles. The summed E-state index contributed by atoms with van der Waals surface area (Å²) in [7, 11) is 1.48. The van der Waals surface area contributed by atoms with Crippen LogP contribution in [-0.4, -0.2) is 43.9 Å². The van der Waals surface area contributed by atoms with Gasteiger partial charge < -0.3 is 24.6 Å². The first-order chi connectivity index (χ1) is 13.0. The van der Waals surface area contributed by atoms with Gasteiger partial charge in [-0.3, -0.25) is 9.59 Å². The van der Waals surface area contributed by atoms with E-state index in [9.17, 15) is 14.7 Å². The zero-order chi connectivity index (χ0) is 19.4. The lowest BCUT2D eigenvalue weighted by Gasteiger charge is -2.26. The predicted octanol–water partition coefficient (Wildman–Crippen LogP) is 2.24. The average molecular weight is 371 g/mol. The van der Waals surface area contributed by atoms with E-state index in [1.165, 1.54) is 7.11 Å². The number of carbonyl (C=O) groups is 2. The number of carboxylic acid groups (broad SMARTS) is 1. The standard InChI is InChI=1S/C20H21NO6/c1-20(19(23)24,14-6-4-3-5-7-14)12-21-18(22)13-10-15(25-2)17-16(11-13)26-8-9-27-17/h3-7,10-11H,8-9,12H2,1-2H3,(H,21,22)(H,23,24). The van der Waals surface area contributed by atoms with Gasteiger partial charge in [0.05, 0.1) is 7.11 Å². The molecule has 0 saturated carbocycles. The molecule has 1 aliphatic heterocycles. The first-order valence-corrected chi connectivity index (χ1v) is 8.50. The van der Waals surface area contributed by atoms with E-state index >= 15 is 0 Å². The Balaban J connectivity index is 1.82. The van der Waals surface area contributed by atoms with Crippen LogP contribution in [0.5, 0.6) is 17.2 Å². The molecule has 0 bridgehead atoms. The van der Waals surface area contributed by atoms with Crippen molar-refractivity contribution >= 4 is 11.9 Å². The minimum Gasteiger partial charge on any atom is -0.493 e. The lowest BCUT2D eigenvalue weighted by molar-refractivity contribution is -0.142. The number of hydrogen-bond acceptors (Lipinski definition) is 5. The normalized spacial score (nSPS) is 14.7. The number of nitrogens with one attached hydrogen (secondary N) is 1. The smallest absolute Gasteiger partial charge is 0.315 e. The highest BCUT2D eigenvalue weighted by atomic mass is 16.6. The summed E-state index contributed by atoms with van der Waals surface area (Å²) in [5.41, 5.74) is -0.344. The quantitative estimate of drug-likeness (QED) is 0.809. The van der Waals surface area contributed by atoms with Crippen LogP contribution in [0.1, 0.15) is 22.8 Å². The van der Waals surface area contributed by atoms with Gasteiger partial charge in [-0.2, -0.15) is 0 Å². The van der Waals surface area contributed by atoms with Crippen LogP contribution in [0.4, 0.5) is 0 Å². The van der Waals surface area contributed by atoms with Crippen molar-refractivity contribution in [3.8, 4) is 17.2 Å². The van der Waals surface area contributed by atoms with Crippen molar-refractivity contribution in [3.05, 3.63) is 53.6 Å². The SMILES string of the molecule is COc1cc(C(=O)NCC(C)(C(=O)O)c2ccccc2)cc2c1OCCO2. The Bertz CT molecular complexity index is 834. The molecule has 27 heavy (non-hydrogen) atoms. The van der Waals surface area contributed by atoms with E-state index in [4.69, 9.17) is 14.2 Å². The van der Waals surface area contributed by atoms with Crippen LogP contribution in [0.15, 0.2) is 42.5 Å². The number of aliphatic carboxylic acids is 1. The van der Waals surface area contributed by atoms with Crippen LogP contribution in [-0.2, 0) is 10.2 Å². The molecule has 0 spiro atoms. The Labute approximate surface area is 156 Å². The maximum absolute atomic E-state index is 12.6. The summed E-state index contributed by atoms with van der Waals surface area (Å²) in [5.74, 6) is -0.168. The van der Waals surface area contributed by atoms with Crippen molar-refractivity contribution in [2.24, 2.45) is 0 Å². The Morgan fingerprint density at radius 2 is 1.89 bits per heavy atom. The fraction of sp³-hybridized carbons (Fsp3) is 0.300. The molecule has 2 aromatic rings. The van der Waals surface area contributed by atoms with E-state index < -0.39 is 17.3 Å². The number of amides is 1. The second-order valence-corrected chi connectivity index (χ2v) is 6.39. The van der Waals surface area contributed by atoms with Crippen LogP contribution < -0.4 is 19.5 Å². The van der Waals surface area contributed by atoms with Crippen molar-refractivity contribution < 1.29 is 28.9 Å². The van der Waals surface area contributed by atoms with Crippen LogP contribution in [0, 0.1) is 0 Å². The van der Waals surface area contributed by atoms with E-state index in [2.05, 4.69) is 5.32 Å². The number of carboxylic acids is 1. The van der Waals surface area contributed by atoms with Gasteiger partial charge in [-0.15, -0.1) is 0 Å². The van der Waals surface area contributed by atoms with Gasteiger partial charge in [-0.1, -0.05) is 30.3 Å². The van der Waals surface area contributed by atoms with Crippen LogP contribution >= 0.6 is 0 Å². The Hall–Kier alpha value is -3.22. The molecule has 0 radical (unpaired) electrons. The molecule has 7 heteroatoms. The highest BCUT2D eigenvalue weighted by Gasteiger charge is 2.35. The zero-order valence-corrected chi connectivity index (χ0v) is 15.2. The number of methoxy groups -OCH3 is 1. The van der Waals surface area contributed by atoms with E-state index in [0.717, 1.165) is 0 Å². The van der Waals surface area contributed by atoms with Gasteiger partial charge in [-0.05, 0) is 24.6 Å². The predicted molar refractivity (Wildman–Crippen MR) is 97.7 cm³/mol.